The Morgan fingerprint density at radius 3 is 2.35 bits per heavy atom. The summed E-state index contributed by atoms with van der Waals surface area (Å²) >= 11 is 0. The molecule has 2 aromatic carbocycles. The average molecular weight is 263 g/mol. The Morgan fingerprint density at radius 1 is 1.00 bits per heavy atom. The van der Waals surface area contributed by atoms with E-state index in [2.05, 4.69) is 17.6 Å². The molecule has 0 aliphatic rings. The van der Waals surface area contributed by atoms with Crippen molar-refractivity contribution >= 4 is 16.7 Å². The number of aromatic nitrogens is 1. The molecule has 2 nitrogen and oxygen atoms in total. The first-order valence-electron chi connectivity index (χ1n) is 6.91. The number of rotatable bonds is 3. The van der Waals surface area contributed by atoms with Crippen molar-refractivity contribution in [1.82, 2.24) is 4.57 Å². The molecule has 0 unspecified atom stereocenters. The Hall–Kier alpha value is -2.35. The quantitative estimate of drug-likeness (QED) is 0.649. The van der Waals surface area contributed by atoms with Crippen molar-refractivity contribution in [2.45, 2.75) is 20.4 Å². The van der Waals surface area contributed by atoms with E-state index in [1.54, 1.807) is 0 Å². The normalized spacial score (nSPS) is 10.9. The number of ketones is 1. The second-order valence-corrected chi connectivity index (χ2v) is 4.92. The van der Waals surface area contributed by atoms with Crippen LogP contribution >= 0.6 is 0 Å². The number of nitrogens with zero attached hydrogens (tertiary/aromatic N) is 1. The smallest absolute Gasteiger partial charge is 0.195 e. The highest BCUT2D eigenvalue weighted by Gasteiger charge is 2.19. The summed E-state index contributed by atoms with van der Waals surface area (Å²) < 4.78 is 2.20. The van der Waals surface area contributed by atoms with Gasteiger partial charge in [-0.3, -0.25) is 4.79 Å². The van der Waals surface area contributed by atoms with Crippen LogP contribution in [0.15, 0.2) is 54.6 Å². The maximum absolute atomic E-state index is 12.8. The van der Waals surface area contributed by atoms with E-state index in [-0.39, 0.29) is 5.78 Å². The van der Waals surface area contributed by atoms with Crippen LogP contribution in [0.25, 0.3) is 10.9 Å². The number of carbonyl (C=O) groups is 1. The van der Waals surface area contributed by atoms with Gasteiger partial charge in [0.05, 0.1) is 5.56 Å². The van der Waals surface area contributed by atoms with Gasteiger partial charge in [-0.15, -0.1) is 0 Å². The summed E-state index contributed by atoms with van der Waals surface area (Å²) in [6, 6.07) is 17.6. The number of fused-ring (bicyclic) bond motifs is 1. The summed E-state index contributed by atoms with van der Waals surface area (Å²) in [5.41, 5.74) is 3.75. The highest BCUT2D eigenvalue weighted by atomic mass is 16.1. The van der Waals surface area contributed by atoms with Crippen LogP contribution < -0.4 is 0 Å². The third kappa shape index (κ3) is 1.85. The average Bonchev–Trinajstić information content (AvgIpc) is 2.79. The first-order chi connectivity index (χ1) is 9.74. The van der Waals surface area contributed by atoms with Gasteiger partial charge in [0.25, 0.3) is 0 Å². The molecule has 1 aromatic heterocycles. The number of hydrogen-bond acceptors (Lipinski definition) is 1. The molecule has 0 radical (unpaired) electrons. The minimum absolute atomic E-state index is 0.103. The van der Waals surface area contributed by atoms with E-state index in [4.69, 9.17) is 0 Å². The lowest BCUT2D eigenvalue weighted by atomic mass is 10.0. The zero-order valence-electron chi connectivity index (χ0n) is 11.8. The van der Waals surface area contributed by atoms with Crippen molar-refractivity contribution in [3.8, 4) is 0 Å². The molecule has 3 aromatic rings. The predicted octanol–water partition coefficient (Wildman–Crippen LogP) is 4.20. The third-order valence-corrected chi connectivity index (χ3v) is 3.81. The molecule has 20 heavy (non-hydrogen) atoms. The number of para-hydroxylation sites is 1. The predicted molar refractivity (Wildman–Crippen MR) is 82.2 cm³/mol. The molecule has 0 saturated carbocycles. The van der Waals surface area contributed by atoms with Crippen molar-refractivity contribution in [2.75, 3.05) is 0 Å². The fourth-order valence-electron chi connectivity index (χ4n) is 2.86. The van der Waals surface area contributed by atoms with Gasteiger partial charge in [-0.25, -0.2) is 0 Å². The minimum atomic E-state index is 0.103. The van der Waals surface area contributed by atoms with Crippen LogP contribution in [0.4, 0.5) is 0 Å². The van der Waals surface area contributed by atoms with Crippen LogP contribution in [0.5, 0.6) is 0 Å². The lowest BCUT2D eigenvalue weighted by Gasteiger charge is -2.04. The van der Waals surface area contributed by atoms with E-state index in [0.29, 0.717) is 0 Å². The molecule has 0 amide bonds. The van der Waals surface area contributed by atoms with Crippen molar-refractivity contribution < 1.29 is 4.79 Å². The second kappa shape index (κ2) is 4.97. The SMILES string of the molecule is CCn1c(C)c(C(=O)c2ccccc2)c2ccccc21. The van der Waals surface area contributed by atoms with Crippen LogP contribution in [0, 0.1) is 6.92 Å². The second-order valence-electron chi connectivity index (χ2n) is 4.92. The van der Waals surface area contributed by atoms with Crippen molar-refractivity contribution in [3.63, 3.8) is 0 Å². The molecule has 0 bridgehead atoms. The maximum Gasteiger partial charge on any atom is 0.195 e. The lowest BCUT2D eigenvalue weighted by molar-refractivity contribution is 0.103. The summed E-state index contributed by atoms with van der Waals surface area (Å²) in [7, 11) is 0. The molecular weight excluding hydrogens is 246 g/mol. The molecular formula is C18H17NO. The van der Waals surface area contributed by atoms with Gasteiger partial charge in [0.1, 0.15) is 0 Å². The Bertz CT molecular complexity index is 769. The minimum Gasteiger partial charge on any atom is -0.344 e. The summed E-state index contributed by atoms with van der Waals surface area (Å²) in [6.07, 6.45) is 0. The molecule has 0 saturated heterocycles. The molecule has 100 valence electrons. The Kier molecular flexibility index (Phi) is 3.15. The zero-order valence-corrected chi connectivity index (χ0v) is 11.8. The molecule has 0 spiro atoms. The summed E-state index contributed by atoms with van der Waals surface area (Å²) in [6.45, 7) is 5.00. The fourth-order valence-corrected chi connectivity index (χ4v) is 2.86. The van der Waals surface area contributed by atoms with Crippen molar-refractivity contribution in [2.24, 2.45) is 0 Å². The third-order valence-electron chi connectivity index (χ3n) is 3.81. The summed E-state index contributed by atoms with van der Waals surface area (Å²) in [5, 5.41) is 1.04. The molecule has 0 aliphatic heterocycles. The van der Waals surface area contributed by atoms with E-state index in [1.165, 1.54) is 0 Å². The monoisotopic (exact) mass is 263 g/mol. The Labute approximate surface area is 118 Å². The molecule has 1 heterocycles. The molecule has 3 rings (SSSR count). The van der Waals surface area contributed by atoms with Gasteiger partial charge in [0.15, 0.2) is 5.78 Å². The standard InChI is InChI=1S/C18H17NO/c1-3-19-13(2)17(15-11-7-8-12-16(15)19)18(20)14-9-5-4-6-10-14/h4-12H,3H2,1-2H3. The molecule has 0 fully saturated rings. The number of carbonyl (C=O) groups excluding carboxylic acids is 1. The largest absolute Gasteiger partial charge is 0.344 e. The first-order valence-corrected chi connectivity index (χ1v) is 6.91. The van der Waals surface area contributed by atoms with Crippen LogP contribution in [0.1, 0.15) is 28.5 Å². The van der Waals surface area contributed by atoms with Gasteiger partial charge in [-0.2, -0.15) is 0 Å². The first kappa shape index (κ1) is 12.7. The van der Waals surface area contributed by atoms with Gasteiger partial charge in [-0.1, -0.05) is 48.5 Å². The Morgan fingerprint density at radius 2 is 1.65 bits per heavy atom. The van der Waals surface area contributed by atoms with Gasteiger partial charge < -0.3 is 4.57 Å². The lowest BCUT2D eigenvalue weighted by Crippen LogP contribution is -2.04. The topological polar surface area (TPSA) is 22.0 Å². The van der Waals surface area contributed by atoms with Gasteiger partial charge in [-0.05, 0) is 19.9 Å². The molecule has 0 atom stereocenters. The zero-order chi connectivity index (χ0) is 14.1. The number of hydrogen-bond donors (Lipinski definition) is 0. The van der Waals surface area contributed by atoms with E-state index >= 15 is 0 Å². The maximum atomic E-state index is 12.8. The number of benzene rings is 2. The molecule has 0 N–H and O–H groups in total. The van der Waals surface area contributed by atoms with Crippen LogP contribution in [-0.4, -0.2) is 10.4 Å². The van der Waals surface area contributed by atoms with E-state index < -0.39 is 0 Å². The van der Waals surface area contributed by atoms with Gasteiger partial charge in [0.2, 0.25) is 0 Å². The highest BCUT2D eigenvalue weighted by molar-refractivity contribution is 6.17. The summed E-state index contributed by atoms with van der Waals surface area (Å²) in [4.78, 5) is 12.8. The Balaban J connectivity index is 2.27. The van der Waals surface area contributed by atoms with Crippen LogP contribution in [0.3, 0.4) is 0 Å². The fraction of sp³-hybridized carbons (Fsp3) is 0.167. The van der Waals surface area contributed by atoms with E-state index in [9.17, 15) is 4.79 Å². The molecule has 0 aliphatic carbocycles. The van der Waals surface area contributed by atoms with Gasteiger partial charge >= 0.3 is 0 Å². The molecule has 2 heteroatoms. The van der Waals surface area contributed by atoms with Gasteiger partial charge in [0, 0.05) is 28.7 Å². The van der Waals surface area contributed by atoms with Crippen LogP contribution in [0.2, 0.25) is 0 Å². The highest BCUT2D eigenvalue weighted by Crippen LogP contribution is 2.27. The van der Waals surface area contributed by atoms with E-state index in [0.717, 1.165) is 34.3 Å². The van der Waals surface area contributed by atoms with Crippen molar-refractivity contribution in [3.05, 3.63) is 71.4 Å². The van der Waals surface area contributed by atoms with E-state index in [1.807, 2.05) is 55.5 Å². The van der Waals surface area contributed by atoms with Crippen LogP contribution in [-0.2, 0) is 6.54 Å². The summed E-state index contributed by atoms with van der Waals surface area (Å²) in [5.74, 6) is 0.103. The number of aryl methyl sites for hydroxylation is 1. The van der Waals surface area contributed by atoms with Crippen molar-refractivity contribution in [1.29, 1.82) is 0 Å².